The Hall–Kier alpha value is -0.794. The van der Waals surface area contributed by atoms with Gasteiger partial charge in [0.2, 0.25) is 5.82 Å². The zero-order chi connectivity index (χ0) is 18.2. The fraction of sp³-hybridized carbons (Fsp3) is 0.0769. The quantitative estimate of drug-likeness (QED) is 0.364. The van der Waals surface area contributed by atoms with Crippen molar-refractivity contribution in [1.29, 1.82) is 0 Å². The minimum atomic E-state index is -5.23. The van der Waals surface area contributed by atoms with E-state index in [2.05, 4.69) is 4.74 Å². The molecule has 2 aromatic carbocycles. The van der Waals surface area contributed by atoms with Gasteiger partial charge in [0.05, 0.1) is 12.8 Å². The van der Waals surface area contributed by atoms with E-state index in [1.165, 1.54) is 4.72 Å². The predicted octanol–water partition coefficient (Wildman–Crippen LogP) is 2.68. The SMILES string of the molecule is COc1ccc(NS(=O)(=O)c2c(F)c(F)c(F)c(F)c2F)cc1F.[KH]. The van der Waals surface area contributed by atoms with E-state index in [-0.39, 0.29) is 57.1 Å². The van der Waals surface area contributed by atoms with Crippen LogP contribution < -0.4 is 9.46 Å². The number of nitrogens with one attached hydrogen (secondary N) is 1. The zero-order valence-electron chi connectivity index (χ0n) is 11.6. The molecule has 4 nitrogen and oxygen atoms in total. The average Bonchev–Trinajstić information content (AvgIpc) is 2.50. The van der Waals surface area contributed by atoms with Gasteiger partial charge in [-0.1, -0.05) is 0 Å². The summed E-state index contributed by atoms with van der Waals surface area (Å²) in [6, 6.07) is 2.56. The van der Waals surface area contributed by atoms with Crippen LogP contribution in [0.2, 0.25) is 0 Å². The number of methoxy groups -OCH3 is 1. The first-order valence-corrected chi connectivity index (χ1v) is 7.46. The van der Waals surface area contributed by atoms with Crippen LogP contribution in [0.25, 0.3) is 0 Å². The second-order valence-corrected chi connectivity index (χ2v) is 5.97. The molecule has 0 heterocycles. The van der Waals surface area contributed by atoms with Gasteiger partial charge in [0.15, 0.2) is 39.7 Å². The Bertz CT molecular complexity index is 893. The molecule has 0 aliphatic heterocycles. The number of ether oxygens (including phenoxy) is 1. The van der Waals surface area contributed by atoms with Crippen LogP contribution in [0.1, 0.15) is 0 Å². The first-order valence-electron chi connectivity index (χ1n) is 5.98. The normalized spacial score (nSPS) is 11.0. The molecule has 0 saturated heterocycles. The third kappa shape index (κ3) is 4.31. The molecule has 2 rings (SSSR count). The molecule has 1 N–H and O–H groups in total. The van der Waals surface area contributed by atoms with Crippen molar-refractivity contribution in [2.75, 3.05) is 11.8 Å². The molecule has 25 heavy (non-hydrogen) atoms. The van der Waals surface area contributed by atoms with Gasteiger partial charge in [0, 0.05) is 6.07 Å². The molecule has 0 radical (unpaired) electrons. The van der Waals surface area contributed by atoms with Crippen LogP contribution in [0.3, 0.4) is 0 Å². The number of rotatable bonds is 4. The van der Waals surface area contributed by atoms with Crippen LogP contribution in [0.15, 0.2) is 23.1 Å². The summed E-state index contributed by atoms with van der Waals surface area (Å²) in [6.45, 7) is 0. The summed E-state index contributed by atoms with van der Waals surface area (Å²) in [6.07, 6.45) is 0. The van der Waals surface area contributed by atoms with Crippen LogP contribution >= 0.6 is 0 Å². The summed E-state index contributed by atoms with van der Waals surface area (Å²) in [5.74, 6) is -13.7. The molecule has 2 aromatic rings. The Morgan fingerprint density at radius 2 is 1.36 bits per heavy atom. The van der Waals surface area contributed by atoms with Gasteiger partial charge >= 0.3 is 51.4 Å². The maximum absolute atomic E-state index is 13.6. The summed E-state index contributed by atoms with van der Waals surface area (Å²) >= 11 is 0. The van der Waals surface area contributed by atoms with Crippen molar-refractivity contribution in [2.24, 2.45) is 0 Å². The van der Waals surface area contributed by atoms with Gasteiger partial charge in [0.1, 0.15) is 0 Å². The van der Waals surface area contributed by atoms with Crippen molar-refractivity contribution in [3.63, 3.8) is 0 Å². The molecule has 0 aromatic heterocycles. The fourth-order valence-electron chi connectivity index (χ4n) is 1.76. The van der Waals surface area contributed by atoms with Gasteiger partial charge in [0.25, 0.3) is 10.0 Å². The van der Waals surface area contributed by atoms with Crippen molar-refractivity contribution in [3.05, 3.63) is 53.1 Å². The van der Waals surface area contributed by atoms with Crippen LogP contribution in [0.4, 0.5) is 32.0 Å². The number of benzene rings is 2. The molecule has 0 fully saturated rings. The van der Waals surface area contributed by atoms with E-state index in [4.69, 9.17) is 0 Å². The summed E-state index contributed by atoms with van der Waals surface area (Å²) in [5.41, 5.74) is -0.516. The van der Waals surface area contributed by atoms with E-state index < -0.39 is 55.5 Å². The summed E-state index contributed by atoms with van der Waals surface area (Å²) in [5, 5.41) is 0. The minimum absolute atomic E-state index is 0. The van der Waals surface area contributed by atoms with Crippen molar-refractivity contribution in [3.8, 4) is 5.75 Å². The molecule has 0 atom stereocenters. The van der Waals surface area contributed by atoms with Crippen LogP contribution in [-0.4, -0.2) is 66.9 Å². The summed E-state index contributed by atoms with van der Waals surface area (Å²) in [4.78, 5) is -2.07. The molecular weight excluding hydrogens is 403 g/mol. The zero-order valence-corrected chi connectivity index (χ0v) is 12.4. The third-order valence-corrected chi connectivity index (χ3v) is 4.24. The van der Waals surface area contributed by atoms with Crippen LogP contribution in [-0.2, 0) is 10.0 Å². The van der Waals surface area contributed by atoms with Gasteiger partial charge in [-0.3, -0.25) is 4.72 Å². The van der Waals surface area contributed by atoms with E-state index in [0.29, 0.717) is 6.07 Å². The van der Waals surface area contributed by atoms with Gasteiger partial charge < -0.3 is 4.74 Å². The molecule has 0 spiro atoms. The number of hydrogen-bond acceptors (Lipinski definition) is 3. The standard InChI is InChI=1S/C13H7F6NO3S.K.H/c1-23-7-3-2-5(4-6(7)14)20-24(21,22)13-11(18)9(16)8(15)10(17)12(13)19;;/h2-4,20H,1H3;;. The molecule has 0 aliphatic rings. The van der Waals surface area contributed by atoms with Crippen LogP contribution in [0, 0.1) is 34.9 Å². The Morgan fingerprint density at radius 1 is 0.880 bits per heavy atom. The van der Waals surface area contributed by atoms with E-state index >= 15 is 0 Å². The van der Waals surface area contributed by atoms with Crippen molar-refractivity contribution in [2.45, 2.75) is 4.90 Å². The summed E-state index contributed by atoms with van der Waals surface area (Å²) in [7, 11) is -4.09. The number of anilines is 1. The van der Waals surface area contributed by atoms with Gasteiger partial charge in [-0.05, 0) is 12.1 Å². The van der Waals surface area contributed by atoms with Crippen LogP contribution in [0.5, 0.6) is 5.75 Å². The molecule has 0 saturated carbocycles. The Kier molecular flexibility index (Phi) is 7.36. The molecule has 0 amide bonds. The monoisotopic (exact) mass is 411 g/mol. The van der Waals surface area contributed by atoms with Gasteiger partial charge in [-0.15, -0.1) is 0 Å². The number of hydrogen-bond donors (Lipinski definition) is 1. The van der Waals surface area contributed by atoms with Crippen molar-refractivity contribution in [1.82, 2.24) is 0 Å². The molecule has 0 aliphatic carbocycles. The van der Waals surface area contributed by atoms with Gasteiger partial charge in [-0.25, -0.2) is 34.8 Å². The molecule has 12 heteroatoms. The summed E-state index contributed by atoms with van der Waals surface area (Å²) < 4.78 is 110. The van der Waals surface area contributed by atoms with E-state index in [1.54, 1.807) is 0 Å². The van der Waals surface area contributed by atoms with Crippen molar-refractivity contribution < 1.29 is 39.5 Å². The van der Waals surface area contributed by atoms with Gasteiger partial charge in [-0.2, -0.15) is 0 Å². The van der Waals surface area contributed by atoms with E-state index in [1.807, 2.05) is 0 Å². The Morgan fingerprint density at radius 3 is 1.80 bits per heavy atom. The molecule has 0 bridgehead atoms. The Balaban J connectivity index is 0.00000312. The first-order chi connectivity index (χ1) is 11.1. The third-order valence-electron chi connectivity index (χ3n) is 2.84. The topological polar surface area (TPSA) is 55.4 Å². The predicted molar refractivity (Wildman–Crippen MR) is 77.1 cm³/mol. The number of halogens is 6. The Labute approximate surface area is 180 Å². The molecule has 0 unspecified atom stereocenters. The second kappa shape index (κ2) is 8.27. The average molecular weight is 411 g/mol. The molecule has 132 valence electrons. The van der Waals surface area contributed by atoms with E-state index in [0.717, 1.165) is 19.2 Å². The fourth-order valence-corrected chi connectivity index (χ4v) is 2.95. The molecular formula is C13H8F6KNO3S. The second-order valence-electron chi connectivity index (χ2n) is 4.35. The first kappa shape index (κ1) is 22.2. The maximum atomic E-state index is 13.6. The van der Waals surface area contributed by atoms with E-state index in [9.17, 15) is 34.8 Å². The number of sulfonamides is 1. The van der Waals surface area contributed by atoms with Crippen molar-refractivity contribution >= 4 is 67.1 Å².